The van der Waals surface area contributed by atoms with Crippen LogP contribution in [0, 0.1) is 0 Å². The zero-order valence-electron chi connectivity index (χ0n) is 13.4. The number of carbonyl (C=O) groups excluding carboxylic acids is 3. The molecule has 2 aromatic carbocycles. The van der Waals surface area contributed by atoms with Crippen LogP contribution in [0.2, 0.25) is 0 Å². The fourth-order valence-electron chi connectivity index (χ4n) is 2.67. The molecule has 1 heterocycles. The molecule has 3 amide bonds. The number of carbonyl (C=O) groups is 3. The lowest BCUT2D eigenvalue weighted by Gasteiger charge is -2.34. The van der Waals surface area contributed by atoms with Gasteiger partial charge in [-0.25, -0.2) is 0 Å². The van der Waals surface area contributed by atoms with Crippen LogP contribution in [-0.4, -0.2) is 31.3 Å². The van der Waals surface area contributed by atoms with Crippen LogP contribution in [0.15, 0.2) is 48.5 Å². The molecule has 1 aliphatic heterocycles. The van der Waals surface area contributed by atoms with Gasteiger partial charge >= 0.3 is 0 Å². The second-order valence-corrected chi connectivity index (χ2v) is 5.59. The predicted molar refractivity (Wildman–Crippen MR) is 92.3 cm³/mol. The average molecular weight is 323 g/mol. The van der Waals surface area contributed by atoms with Crippen LogP contribution >= 0.6 is 0 Å². The van der Waals surface area contributed by atoms with Gasteiger partial charge in [0.25, 0.3) is 5.91 Å². The second-order valence-electron chi connectivity index (χ2n) is 5.59. The maximum atomic E-state index is 12.8. The third kappa shape index (κ3) is 2.86. The summed E-state index contributed by atoms with van der Waals surface area (Å²) in [4.78, 5) is 39.1. The van der Waals surface area contributed by atoms with Crippen molar-refractivity contribution >= 4 is 34.8 Å². The van der Waals surface area contributed by atoms with Crippen LogP contribution < -0.4 is 15.1 Å². The molecule has 0 fully saturated rings. The Balaban J connectivity index is 1.91. The molecular formula is C18H17N3O3. The van der Waals surface area contributed by atoms with E-state index in [-0.39, 0.29) is 24.3 Å². The smallest absolute Gasteiger partial charge is 0.258 e. The number of likely N-dealkylation sites (N-methyl/N-ethyl adjacent to an activating group) is 1. The molecule has 122 valence electrons. The molecule has 0 aliphatic carbocycles. The lowest BCUT2D eigenvalue weighted by molar-refractivity contribution is -0.117. The maximum Gasteiger partial charge on any atom is 0.258 e. The summed E-state index contributed by atoms with van der Waals surface area (Å²) in [5.74, 6) is -0.567. The quantitative estimate of drug-likeness (QED) is 0.922. The standard InChI is InChI=1S/C18H17N3O3/c1-12(22)19-14-9-7-13(8-10-14)18(24)21-11-17(23)20(2)15-5-3-4-6-16(15)21/h3-10H,11H2,1-2H3,(H,19,22). The van der Waals surface area contributed by atoms with Crippen LogP contribution in [0.3, 0.4) is 0 Å². The summed E-state index contributed by atoms with van der Waals surface area (Å²) in [5, 5.41) is 2.65. The summed E-state index contributed by atoms with van der Waals surface area (Å²) in [5.41, 5.74) is 2.48. The van der Waals surface area contributed by atoms with Crippen molar-refractivity contribution < 1.29 is 14.4 Å². The van der Waals surface area contributed by atoms with Crippen LogP contribution in [0.1, 0.15) is 17.3 Å². The number of hydrogen-bond donors (Lipinski definition) is 1. The number of benzene rings is 2. The van der Waals surface area contributed by atoms with Gasteiger partial charge in [-0.2, -0.15) is 0 Å². The van der Waals surface area contributed by atoms with Gasteiger partial charge in [0.05, 0.1) is 11.4 Å². The molecule has 3 rings (SSSR count). The highest BCUT2D eigenvalue weighted by atomic mass is 16.2. The number of nitrogens with zero attached hydrogens (tertiary/aromatic N) is 2. The van der Waals surface area contributed by atoms with Crippen molar-refractivity contribution in [3.05, 3.63) is 54.1 Å². The molecule has 0 saturated carbocycles. The zero-order valence-corrected chi connectivity index (χ0v) is 13.4. The van der Waals surface area contributed by atoms with E-state index in [1.807, 2.05) is 24.3 Å². The molecule has 6 nitrogen and oxygen atoms in total. The molecule has 1 N–H and O–H groups in total. The van der Waals surface area contributed by atoms with E-state index >= 15 is 0 Å². The van der Waals surface area contributed by atoms with Crippen molar-refractivity contribution in [2.75, 3.05) is 28.7 Å². The molecule has 0 spiro atoms. The van der Waals surface area contributed by atoms with Gasteiger partial charge in [0.1, 0.15) is 6.54 Å². The highest BCUT2D eigenvalue weighted by Crippen LogP contribution is 2.33. The molecular weight excluding hydrogens is 306 g/mol. The Kier molecular flexibility index (Phi) is 4.04. The zero-order chi connectivity index (χ0) is 17.3. The predicted octanol–water partition coefficient (Wildman–Crippen LogP) is 2.27. The first kappa shape index (κ1) is 15.7. The first-order chi connectivity index (χ1) is 11.5. The maximum absolute atomic E-state index is 12.8. The number of rotatable bonds is 2. The van der Waals surface area contributed by atoms with Crippen molar-refractivity contribution in [3.63, 3.8) is 0 Å². The van der Waals surface area contributed by atoms with Gasteiger partial charge in [0, 0.05) is 25.2 Å². The Morgan fingerprint density at radius 2 is 1.62 bits per heavy atom. The summed E-state index contributed by atoms with van der Waals surface area (Å²) in [6.45, 7) is 1.42. The summed E-state index contributed by atoms with van der Waals surface area (Å²) in [6.07, 6.45) is 0. The van der Waals surface area contributed by atoms with E-state index in [9.17, 15) is 14.4 Å². The third-order valence-corrected chi connectivity index (χ3v) is 3.90. The van der Waals surface area contributed by atoms with Crippen molar-refractivity contribution in [2.45, 2.75) is 6.92 Å². The highest BCUT2D eigenvalue weighted by molar-refractivity contribution is 6.15. The van der Waals surface area contributed by atoms with Crippen molar-refractivity contribution in [3.8, 4) is 0 Å². The fraction of sp³-hybridized carbons (Fsp3) is 0.167. The van der Waals surface area contributed by atoms with Gasteiger partial charge in [0.2, 0.25) is 11.8 Å². The Morgan fingerprint density at radius 3 is 2.25 bits per heavy atom. The molecule has 24 heavy (non-hydrogen) atoms. The Bertz CT molecular complexity index is 815. The Labute approximate surface area is 139 Å². The van der Waals surface area contributed by atoms with Gasteiger partial charge in [-0.15, -0.1) is 0 Å². The summed E-state index contributed by atoms with van der Waals surface area (Å²) >= 11 is 0. The van der Waals surface area contributed by atoms with Gasteiger partial charge in [-0.3, -0.25) is 19.3 Å². The summed E-state index contributed by atoms with van der Waals surface area (Å²) in [7, 11) is 1.70. The van der Waals surface area contributed by atoms with E-state index < -0.39 is 0 Å². The van der Waals surface area contributed by atoms with Crippen molar-refractivity contribution in [1.29, 1.82) is 0 Å². The molecule has 0 aromatic heterocycles. The molecule has 6 heteroatoms. The minimum Gasteiger partial charge on any atom is -0.326 e. The Morgan fingerprint density at radius 1 is 1.00 bits per heavy atom. The third-order valence-electron chi connectivity index (χ3n) is 3.90. The summed E-state index contributed by atoms with van der Waals surface area (Å²) in [6, 6.07) is 13.9. The van der Waals surface area contributed by atoms with Crippen molar-refractivity contribution in [2.24, 2.45) is 0 Å². The van der Waals surface area contributed by atoms with E-state index in [4.69, 9.17) is 0 Å². The van der Waals surface area contributed by atoms with Crippen LogP contribution in [0.5, 0.6) is 0 Å². The van der Waals surface area contributed by atoms with Crippen LogP contribution in [-0.2, 0) is 9.59 Å². The number of para-hydroxylation sites is 2. The molecule has 2 aromatic rings. The molecule has 0 atom stereocenters. The molecule has 0 bridgehead atoms. The number of fused-ring (bicyclic) bond motifs is 1. The monoisotopic (exact) mass is 323 g/mol. The normalized spacial score (nSPS) is 13.5. The first-order valence-electron chi connectivity index (χ1n) is 7.52. The topological polar surface area (TPSA) is 69.7 Å². The fourth-order valence-corrected chi connectivity index (χ4v) is 2.67. The van der Waals surface area contributed by atoms with Crippen molar-refractivity contribution in [1.82, 2.24) is 0 Å². The average Bonchev–Trinajstić information content (AvgIpc) is 2.58. The number of nitrogens with one attached hydrogen (secondary N) is 1. The second kappa shape index (κ2) is 6.16. The van der Waals surface area contributed by atoms with E-state index in [0.717, 1.165) is 0 Å². The minimum absolute atomic E-state index is 0.000204. The van der Waals surface area contributed by atoms with Crippen LogP contribution in [0.4, 0.5) is 17.1 Å². The number of anilines is 3. The number of amides is 3. The number of hydrogen-bond acceptors (Lipinski definition) is 3. The Hall–Kier alpha value is -3.15. The lowest BCUT2D eigenvalue weighted by Crippen LogP contribution is -2.46. The van der Waals surface area contributed by atoms with Gasteiger partial charge in [-0.05, 0) is 36.4 Å². The molecule has 0 saturated heterocycles. The first-order valence-corrected chi connectivity index (χ1v) is 7.52. The van der Waals surface area contributed by atoms with E-state index in [1.165, 1.54) is 11.8 Å². The minimum atomic E-state index is -0.252. The largest absolute Gasteiger partial charge is 0.326 e. The van der Waals surface area contributed by atoms with E-state index in [2.05, 4.69) is 5.32 Å². The van der Waals surface area contributed by atoms with Gasteiger partial charge < -0.3 is 10.2 Å². The van der Waals surface area contributed by atoms with Gasteiger partial charge in [0.15, 0.2) is 0 Å². The van der Waals surface area contributed by atoms with Crippen LogP contribution in [0.25, 0.3) is 0 Å². The molecule has 0 unspecified atom stereocenters. The SMILES string of the molecule is CC(=O)Nc1ccc(C(=O)N2CC(=O)N(C)c3ccccc32)cc1. The van der Waals surface area contributed by atoms with Gasteiger partial charge in [-0.1, -0.05) is 12.1 Å². The van der Waals surface area contributed by atoms with E-state index in [0.29, 0.717) is 22.6 Å². The molecule has 0 radical (unpaired) electrons. The molecule has 1 aliphatic rings. The summed E-state index contributed by atoms with van der Waals surface area (Å²) < 4.78 is 0. The van der Waals surface area contributed by atoms with E-state index in [1.54, 1.807) is 36.2 Å². The lowest BCUT2D eigenvalue weighted by atomic mass is 10.1. The highest BCUT2D eigenvalue weighted by Gasteiger charge is 2.30.